The Bertz CT molecular complexity index is 923. The number of aryl methyl sites for hydroxylation is 3. The first kappa shape index (κ1) is 22.1. The smallest absolute Gasteiger partial charge is 0.129 e. The second-order valence-corrected chi connectivity index (χ2v) is 7.62. The lowest BCUT2D eigenvalue weighted by atomic mass is 9.97. The molecule has 3 rings (SSSR count). The molecule has 2 nitrogen and oxygen atoms in total. The van der Waals surface area contributed by atoms with Crippen LogP contribution in [0.15, 0.2) is 66.7 Å². The van der Waals surface area contributed by atoms with Crippen LogP contribution in [0.1, 0.15) is 40.3 Å². The summed E-state index contributed by atoms with van der Waals surface area (Å²) in [6, 6.07) is 20.3. The molecule has 0 aliphatic rings. The van der Waals surface area contributed by atoms with E-state index in [2.05, 4.69) is 49.5 Å². The first-order valence-electron chi connectivity index (χ1n) is 10.4. The number of benzene rings is 3. The number of halogens is 2. The molecule has 0 aromatic heterocycles. The third kappa shape index (κ3) is 6.22. The molecular formula is C26H29F2NO. The lowest BCUT2D eigenvalue weighted by Gasteiger charge is -2.23. The Morgan fingerprint density at radius 2 is 1.63 bits per heavy atom. The van der Waals surface area contributed by atoms with Crippen LogP contribution < -0.4 is 5.32 Å². The van der Waals surface area contributed by atoms with Crippen LogP contribution in [0.4, 0.5) is 8.78 Å². The highest BCUT2D eigenvalue weighted by Crippen LogP contribution is 2.25. The van der Waals surface area contributed by atoms with Gasteiger partial charge >= 0.3 is 0 Å². The molecule has 0 saturated heterocycles. The van der Waals surface area contributed by atoms with Gasteiger partial charge in [0.05, 0.1) is 6.10 Å². The second kappa shape index (κ2) is 11.0. The molecule has 1 atom stereocenters. The van der Waals surface area contributed by atoms with Crippen molar-refractivity contribution in [3.63, 3.8) is 0 Å². The number of hydrogen-bond donors (Lipinski definition) is 1. The zero-order chi connectivity index (χ0) is 21.3. The first-order chi connectivity index (χ1) is 14.5. The Labute approximate surface area is 177 Å². The summed E-state index contributed by atoms with van der Waals surface area (Å²) in [7, 11) is 0. The molecule has 0 aliphatic carbocycles. The van der Waals surface area contributed by atoms with Crippen molar-refractivity contribution in [2.75, 3.05) is 13.2 Å². The van der Waals surface area contributed by atoms with E-state index in [1.165, 1.54) is 34.4 Å². The van der Waals surface area contributed by atoms with Gasteiger partial charge in [-0.05, 0) is 60.6 Å². The summed E-state index contributed by atoms with van der Waals surface area (Å²) in [4.78, 5) is 0. The average Bonchev–Trinajstić information content (AvgIpc) is 2.72. The minimum absolute atomic E-state index is 0.0898. The van der Waals surface area contributed by atoms with Gasteiger partial charge in [-0.1, -0.05) is 54.6 Å². The molecular weight excluding hydrogens is 380 g/mol. The van der Waals surface area contributed by atoms with Gasteiger partial charge in [0.2, 0.25) is 0 Å². The lowest BCUT2D eigenvalue weighted by molar-refractivity contribution is 0.0499. The predicted octanol–water partition coefficient (Wildman–Crippen LogP) is 6.06. The van der Waals surface area contributed by atoms with Gasteiger partial charge < -0.3 is 10.1 Å². The zero-order valence-corrected chi connectivity index (χ0v) is 17.6. The number of hydrogen-bond acceptors (Lipinski definition) is 2. The molecule has 0 heterocycles. The van der Waals surface area contributed by atoms with Crippen molar-refractivity contribution >= 4 is 0 Å². The summed E-state index contributed by atoms with van der Waals surface area (Å²) >= 11 is 0. The van der Waals surface area contributed by atoms with Gasteiger partial charge in [-0.3, -0.25) is 0 Å². The molecule has 30 heavy (non-hydrogen) atoms. The number of nitrogens with one attached hydrogen (secondary N) is 1. The van der Waals surface area contributed by atoms with Crippen molar-refractivity contribution in [3.8, 4) is 0 Å². The fraction of sp³-hybridized carbons (Fsp3) is 0.308. The molecule has 3 aromatic carbocycles. The Kier molecular flexibility index (Phi) is 8.12. The molecule has 0 saturated carbocycles. The van der Waals surface area contributed by atoms with E-state index in [9.17, 15) is 8.78 Å². The summed E-state index contributed by atoms with van der Waals surface area (Å²) in [6.45, 7) is 6.16. The molecule has 4 heteroatoms. The molecule has 158 valence electrons. The predicted molar refractivity (Wildman–Crippen MR) is 117 cm³/mol. The zero-order valence-electron chi connectivity index (χ0n) is 17.6. The highest BCUT2D eigenvalue weighted by molar-refractivity contribution is 5.35. The van der Waals surface area contributed by atoms with Crippen molar-refractivity contribution in [2.45, 2.75) is 39.3 Å². The van der Waals surface area contributed by atoms with E-state index in [-0.39, 0.29) is 6.10 Å². The van der Waals surface area contributed by atoms with Crippen LogP contribution >= 0.6 is 0 Å². The summed E-state index contributed by atoms with van der Waals surface area (Å²) in [5.74, 6) is -1.04. The van der Waals surface area contributed by atoms with Crippen LogP contribution in [0, 0.1) is 25.5 Å². The third-order valence-electron chi connectivity index (χ3n) is 5.29. The fourth-order valence-corrected chi connectivity index (χ4v) is 3.74. The van der Waals surface area contributed by atoms with E-state index >= 15 is 0 Å². The van der Waals surface area contributed by atoms with Gasteiger partial charge in [0.25, 0.3) is 0 Å². The fourth-order valence-electron chi connectivity index (χ4n) is 3.74. The van der Waals surface area contributed by atoms with Crippen LogP contribution in [0.25, 0.3) is 0 Å². The molecule has 1 N–H and O–H groups in total. The molecule has 1 unspecified atom stereocenters. The van der Waals surface area contributed by atoms with Gasteiger partial charge in [0.15, 0.2) is 0 Å². The minimum Gasteiger partial charge on any atom is -0.372 e. The van der Waals surface area contributed by atoms with Crippen molar-refractivity contribution < 1.29 is 13.5 Å². The largest absolute Gasteiger partial charge is 0.372 e. The van der Waals surface area contributed by atoms with E-state index < -0.39 is 11.6 Å². The Balaban J connectivity index is 1.60. The van der Waals surface area contributed by atoms with Crippen molar-refractivity contribution in [1.29, 1.82) is 0 Å². The number of ether oxygens (including phenoxy) is 1. The van der Waals surface area contributed by atoms with Crippen molar-refractivity contribution in [1.82, 2.24) is 5.32 Å². The average molecular weight is 410 g/mol. The highest BCUT2D eigenvalue weighted by Gasteiger charge is 2.17. The molecule has 3 aromatic rings. The first-order valence-corrected chi connectivity index (χ1v) is 10.4. The molecule has 0 amide bonds. The normalized spacial score (nSPS) is 12.1. The maximum absolute atomic E-state index is 13.8. The van der Waals surface area contributed by atoms with Gasteiger partial charge in [-0.15, -0.1) is 0 Å². The highest BCUT2D eigenvalue weighted by atomic mass is 19.1. The topological polar surface area (TPSA) is 21.3 Å². The van der Waals surface area contributed by atoms with Gasteiger partial charge in [-0.2, -0.15) is 0 Å². The quantitative estimate of drug-likeness (QED) is 0.411. The molecule has 0 aliphatic heterocycles. The Morgan fingerprint density at radius 3 is 2.33 bits per heavy atom. The van der Waals surface area contributed by atoms with Crippen LogP contribution in [0.5, 0.6) is 0 Å². The summed E-state index contributed by atoms with van der Waals surface area (Å²) in [5, 5.41) is 3.50. The van der Waals surface area contributed by atoms with Gasteiger partial charge in [0, 0.05) is 25.8 Å². The van der Waals surface area contributed by atoms with Gasteiger partial charge in [0.1, 0.15) is 11.6 Å². The van der Waals surface area contributed by atoms with Gasteiger partial charge in [-0.25, -0.2) is 8.78 Å². The second-order valence-electron chi connectivity index (χ2n) is 7.62. The monoisotopic (exact) mass is 409 g/mol. The van der Waals surface area contributed by atoms with E-state index in [1.807, 2.05) is 18.2 Å². The minimum atomic E-state index is -0.549. The van der Waals surface area contributed by atoms with E-state index in [4.69, 9.17) is 4.74 Å². The van der Waals surface area contributed by atoms with Crippen LogP contribution in [-0.2, 0) is 17.7 Å². The molecule has 0 radical (unpaired) electrons. The SMILES string of the molecule is Cc1cccc(C)c1C(CNCc1ccccc1)OCCCc1ccc(F)cc1F. The van der Waals surface area contributed by atoms with Crippen molar-refractivity contribution in [3.05, 3.63) is 106 Å². The summed E-state index contributed by atoms with van der Waals surface area (Å²) in [6.07, 6.45) is 1.10. The van der Waals surface area contributed by atoms with Crippen molar-refractivity contribution in [2.24, 2.45) is 0 Å². The van der Waals surface area contributed by atoms with E-state index in [0.29, 0.717) is 31.6 Å². The van der Waals surface area contributed by atoms with Crippen LogP contribution in [0.3, 0.4) is 0 Å². The Hall–Kier alpha value is -2.56. The van der Waals surface area contributed by atoms with E-state index in [0.717, 1.165) is 12.6 Å². The summed E-state index contributed by atoms with van der Waals surface area (Å²) < 4.78 is 33.2. The van der Waals surface area contributed by atoms with Crippen LogP contribution in [-0.4, -0.2) is 13.2 Å². The third-order valence-corrected chi connectivity index (χ3v) is 5.29. The maximum atomic E-state index is 13.8. The molecule has 0 bridgehead atoms. The Morgan fingerprint density at radius 1 is 0.900 bits per heavy atom. The number of rotatable bonds is 10. The van der Waals surface area contributed by atoms with E-state index in [1.54, 1.807) is 0 Å². The molecule has 0 spiro atoms. The maximum Gasteiger partial charge on any atom is 0.129 e. The summed E-state index contributed by atoms with van der Waals surface area (Å²) in [5.41, 5.74) is 5.35. The molecule has 0 fully saturated rings. The van der Waals surface area contributed by atoms with Crippen LogP contribution in [0.2, 0.25) is 0 Å². The lowest BCUT2D eigenvalue weighted by Crippen LogP contribution is -2.24. The standard InChI is InChI=1S/C26H29F2NO/c1-19-8-6-9-20(2)26(19)25(18-29-17-21-10-4-3-5-11-21)30-15-7-12-22-13-14-23(27)16-24(22)28/h3-6,8-11,13-14,16,25,29H,7,12,15,17-18H2,1-2H3.